The molecule has 92 valence electrons. The zero-order chi connectivity index (χ0) is 11.7. The third kappa shape index (κ3) is 2.71. The van der Waals surface area contributed by atoms with Crippen LogP contribution in [0.15, 0.2) is 24.3 Å². The molecule has 2 fully saturated rings. The van der Waals surface area contributed by atoms with Gasteiger partial charge in [0.15, 0.2) is 0 Å². The number of rotatable bonds is 5. The van der Waals surface area contributed by atoms with Crippen LogP contribution in [-0.2, 0) is 6.42 Å². The second-order valence-corrected chi connectivity index (χ2v) is 5.91. The zero-order valence-electron chi connectivity index (χ0n) is 10.6. The standard InChI is InChI=1S/C16H23N/c17-16(14-8-9-14)10-7-12-3-1-6-15(11-12)13-4-2-5-13/h1,3,6,11,13-14,16H,2,4-5,7-10,17H2. The molecule has 0 heterocycles. The Morgan fingerprint density at radius 1 is 1.18 bits per heavy atom. The van der Waals surface area contributed by atoms with Gasteiger partial charge >= 0.3 is 0 Å². The molecule has 1 heteroatoms. The maximum absolute atomic E-state index is 6.16. The molecule has 1 unspecified atom stereocenters. The van der Waals surface area contributed by atoms with Gasteiger partial charge in [-0.25, -0.2) is 0 Å². The summed E-state index contributed by atoms with van der Waals surface area (Å²) in [5, 5.41) is 0. The predicted octanol–water partition coefficient (Wildman–Crippen LogP) is 3.62. The molecule has 2 N–H and O–H groups in total. The third-order valence-corrected chi connectivity index (χ3v) is 4.52. The fourth-order valence-corrected chi connectivity index (χ4v) is 2.84. The van der Waals surface area contributed by atoms with Crippen LogP contribution in [0.5, 0.6) is 0 Å². The highest BCUT2D eigenvalue weighted by Gasteiger charge is 2.28. The van der Waals surface area contributed by atoms with E-state index in [4.69, 9.17) is 5.73 Å². The van der Waals surface area contributed by atoms with Crippen molar-refractivity contribution in [2.24, 2.45) is 11.7 Å². The van der Waals surface area contributed by atoms with E-state index < -0.39 is 0 Å². The summed E-state index contributed by atoms with van der Waals surface area (Å²) in [6.45, 7) is 0. The van der Waals surface area contributed by atoms with Crippen LogP contribution in [0.2, 0.25) is 0 Å². The lowest BCUT2D eigenvalue weighted by Crippen LogP contribution is -2.22. The van der Waals surface area contributed by atoms with Gasteiger partial charge in [0.2, 0.25) is 0 Å². The molecule has 2 aliphatic rings. The molecule has 0 radical (unpaired) electrons. The molecular formula is C16H23N. The van der Waals surface area contributed by atoms with Crippen molar-refractivity contribution in [2.45, 2.75) is 56.9 Å². The van der Waals surface area contributed by atoms with Crippen molar-refractivity contribution < 1.29 is 0 Å². The molecule has 3 rings (SSSR count). The van der Waals surface area contributed by atoms with Gasteiger partial charge in [0.25, 0.3) is 0 Å². The number of benzene rings is 1. The maximum Gasteiger partial charge on any atom is 0.00703 e. The Bertz CT molecular complexity index is 377. The van der Waals surface area contributed by atoms with E-state index in [1.165, 1.54) is 44.1 Å². The van der Waals surface area contributed by atoms with Crippen LogP contribution >= 0.6 is 0 Å². The lowest BCUT2D eigenvalue weighted by Gasteiger charge is -2.26. The Morgan fingerprint density at radius 3 is 2.65 bits per heavy atom. The highest BCUT2D eigenvalue weighted by molar-refractivity contribution is 5.27. The van der Waals surface area contributed by atoms with Crippen LogP contribution in [0.3, 0.4) is 0 Å². The van der Waals surface area contributed by atoms with Crippen LogP contribution in [0, 0.1) is 5.92 Å². The van der Waals surface area contributed by atoms with E-state index in [1.807, 2.05) is 0 Å². The molecule has 0 amide bonds. The minimum Gasteiger partial charge on any atom is -0.327 e. The monoisotopic (exact) mass is 229 g/mol. The summed E-state index contributed by atoms with van der Waals surface area (Å²) in [5.41, 5.74) is 9.22. The molecule has 17 heavy (non-hydrogen) atoms. The first-order valence-electron chi connectivity index (χ1n) is 7.17. The Morgan fingerprint density at radius 2 is 2.00 bits per heavy atom. The summed E-state index contributed by atoms with van der Waals surface area (Å²) < 4.78 is 0. The molecule has 2 aliphatic carbocycles. The molecule has 0 spiro atoms. The van der Waals surface area contributed by atoms with Gasteiger partial charge in [-0.15, -0.1) is 0 Å². The lowest BCUT2D eigenvalue weighted by molar-refractivity contribution is 0.419. The van der Waals surface area contributed by atoms with Crippen molar-refractivity contribution in [2.75, 3.05) is 0 Å². The summed E-state index contributed by atoms with van der Waals surface area (Å²) in [6.07, 6.45) is 9.26. The smallest absolute Gasteiger partial charge is 0.00703 e. The Labute approximate surface area is 104 Å². The van der Waals surface area contributed by atoms with E-state index >= 15 is 0 Å². The van der Waals surface area contributed by atoms with Gasteiger partial charge < -0.3 is 5.73 Å². The minimum absolute atomic E-state index is 0.447. The summed E-state index contributed by atoms with van der Waals surface area (Å²) in [6, 6.07) is 9.66. The summed E-state index contributed by atoms with van der Waals surface area (Å²) in [4.78, 5) is 0. The number of hydrogen-bond acceptors (Lipinski definition) is 1. The molecule has 1 nitrogen and oxygen atoms in total. The second kappa shape index (κ2) is 4.81. The molecule has 0 bridgehead atoms. The minimum atomic E-state index is 0.447. The van der Waals surface area contributed by atoms with Crippen LogP contribution in [0.25, 0.3) is 0 Å². The van der Waals surface area contributed by atoms with Crippen molar-refractivity contribution in [3.05, 3.63) is 35.4 Å². The van der Waals surface area contributed by atoms with Gasteiger partial charge in [0.1, 0.15) is 0 Å². The largest absolute Gasteiger partial charge is 0.327 e. The van der Waals surface area contributed by atoms with E-state index in [0.717, 1.165) is 18.3 Å². The summed E-state index contributed by atoms with van der Waals surface area (Å²) >= 11 is 0. The van der Waals surface area contributed by atoms with Crippen LogP contribution in [0.4, 0.5) is 0 Å². The van der Waals surface area contributed by atoms with Crippen molar-refractivity contribution >= 4 is 0 Å². The van der Waals surface area contributed by atoms with E-state index in [2.05, 4.69) is 24.3 Å². The lowest BCUT2D eigenvalue weighted by atomic mass is 9.79. The summed E-state index contributed by atoms with van der Waals surface area (Å²) in [7, 11) is 0. The Hall–Kier alpha value is -0.820. The number of aryl methyl sites for hydroxylation is 1. The zero-order valence-corrected chi connectivity index (χ0v) is 10.6. The SMILES string of the molecule is NC(CCc1cccc(C2CCC2)c1)C1CC1. The van der Waals surface area contributed by atoms with Crippen LogP contribution < -0.4 is 5.73 Å². The van der Waals surface area contributed by atoms with Gasteiger partial charge in [0.05, 0.1) is 0 Å². The first kappa shape index (κ1) is 11.3. The molecule has 0 aromatic heterocycles. The average molecular weight is 229 g/mol. The first-order valence-corrected chi connectivity index (χ1v) is 7.17. The van der Waals surface area contributed by atoms with Gasteiger partial charge in [-0.05, 0) is 61.5 Å². The average Bonchev–Trinajstić information content (AvgIpc) is 3.08. The highest BCUT2D eigenvalue weighted by atomic mass is 14.7. The van der Waals surface area contributed by atoms with Crippen LogP contribution in [-0.4, -0.2) is 6.04 Å². The molecule has 1 aromatic carbocycles. The van der Waals surface area contributed by atoms with Crippen molar-refractivity contribution in [1.82, 2.24) is 0 Å². The van der Waals surface area contributed by atoms with Gasteiger partial charge in [-0.3, -0.25) is 0 Å². The quantitative estimate of drug-likeness (QED) is 0.820. The van der Waals surface area contributed by atoms with E-state index in [0.29, 0.717) is 6.04 Å². The number of hydrogen-bond donors (Lipinski definition) is 1. The van der Waals surface area contributed by atoms with Gasteiger partial charge in [0, 0.05) is 6.04 Å². The molecule has 2 saturated carbocycles. The predicted molar refractivity (Wildman–Crippen MR) is 72.1 cm³/mol. The fourth-order valence-electron chi connectivity index (χ4n) is 2.84. The van der Waals surface area contributed by atoms with Gasteiger partial charge in [-0.1, -0.05) is 30.7 Å². The second-order valence-electron chi connectivity index (χ2n) is 5.91. The van der Waals surface area contributed by atoms with Crippen molar-refractivity contribution in [1.29, 1.82) is 0 Å². The third-order valence-electron chi connectivity index (χ3n) is 4.52. The maximum atomic E-state index is 6.16. The Balaban J connectivity index is 1.57. The molecule has 0 saturated heterocycles. The van der Waals surface area contributed by atoms with E-state index in [1.54, 1.807) is 5.56 Å². The van der Waals surface area contributed by atoms with Crippen molar-refractivity contribution in [3.8, 4) is 0 Å². The molecule has 0 aliphatic heterocycles. The van der Waals surface area contributed by atoms with Crippen molar-refractivity contribution in [3.63, 3.8) is 0 Å². The molecule has 1 aromatic rings. The normalized spacial score (nSPS) is 22.2. The highest BCUT2D eigenvalue weighted by Crippen LogP contribution is 2.37. The Kier molecular flexibility index (Phi) is 3.19. The van der Waals surface area contributed by atoms with E-state index in [9.17, 15) is 0 Å². The topological polar surface area (TPSA) is 26.0 Å². The summed E-state index contributed by atoms with van der Waals surface area (Å²) in [5.74, 6) is 1.69. The fraction of sp³-hybridized carbons (Fsp3) is 0.625. The molecular weight excluding hydrogens is 206 g/mol. The number of nitrogens with two attached hydrogens (primary N) is 1. The molecule has 1 atom stereocenters. The van der Waals surface area contributed by atoms with Gasteiger partial charge in [-0.2, -0.15) is 0 Å². The van der Waals surface area contributed by atoms with E-state index in [-0.39, 0.29) is 0 Å². The first-order chi connectivity index (χ1) is 8.33. The van der Waals surface area contributed by atoms with Crippen LogP contribution in [0.1, 0.15) is 55.6 Å².